The summed E-state index contributed by atoms with van der Waals surface area (Å²) in [4.78, 5) is 12.1. The molecule has 0 aromatic carbocycles. The van der Waals surface area contributed by atoms with Gasteiger partial charge >= 0.3 is 6.18 Å². The van der Waals surface area contributed by atoms with Gasteiger partial charge in [0, 0.05) is 18.2 Å². The van der Waals surface area contributed by atoms with Gasteiger partial charge in [0.05, 0.1) is 6.54 Å². The van der Waals surface area contributed by atoms with Crippen molar-refractivity contribution in [1.82, 2.24) is 15.0 Å². The van der Waals surface area contributed by atoms with E-state index in [4.69, 9.17) is 16.3 Å². The van der Waals surface area contributed by atoms with Gasteiger partial charge in [-0.25, -0.2) is 15.0 Å². The van der Waals surface area contributed by atoms with Crippen LogP contribution in [-0.4, -0.2) is 28.1 Å². The van der Waals surface area contributed by atoms with E-state index in [9.17, 15) is 13.2 Å². The Kier molecular flexibility index (Phi) is 4.75. The van der Waals surface area contributed by atoms with Crippen molar-refractivity contribution in [3.63, 3.8) is 0 Å². The molecule has 0 unspecified atom stereocenters. The van der Waals surface area contributed by atoms with Gasteiger partial charge in [-0.3, -0.25) is 0 Å². The highest BCUT2D eigenvalue weighted by Crippen LogP contribution is 2.38. The number of halogens is 4. The minimum atomic E-state index is -4.50. The zero-order chi connectivity index (χ0) is 17.2. The zero-order valence-corrected chi connectivity index (χ0v) is 13.2. The smallest absolute Gasteiger partial charge is 0.421 e. The van der Waals surface area contributed by atoms with Crippen LogP contribution in [0.2, 0.25) is 5.15 Å². The molecule has 0 radical (unpaired) electrons. The summed E-state index contributed by atoms with van der Waals surface area (Å²) in [5, 5.41) is 3.30. The van der Waals surface area contributed by atoms with Gasteiger partial charge in [-0.1, -0.05) is 11.6 Å². The largest absolute Gasteiger partial charge is 0.475 e. The highest BCUT2D eigenvalue weighted by atomic mass is 35.5. The van der Waals surface area contributed by atoms with E-state index in [1.165, 1.54) is 12.3 Å². The predicted octanol–water partition coefficient (Wildman–Crippen LogP) is 3.91. The first-order valence-electron chi connectivity index (χ1n) is 7.37. The third-order valence-corrected chi connectivity index (χ3v) is 3.57. The van der Waals surface area contributed by atoms with Crippen molar-refractivity contribution < 1.29 is 17.9 Å². The van der Waals surface area contributed by atoms with E-state index < -0.39 is 17.6 Å². The van der Waals surface area contributed by atoms with Crippen molar-refractivity contribution in [3.8, 4) is 5.88 Å². The van der Waals surface area contributed by atoms with Gasteiger partial charge in [-0.2, -0.15) is 13.2 Å². The molecule has 1 N–H and O–H groups in total. The summed E-state index contributed by atoms with van der Waals surface area (Å²) in [7, 11) is 0. The van der Waals surface area contributed by atoms with E-state index in [-0.39, 0.29) is 13.2 Å². The quantitative estimate of drug-likeness (QED) is 0.626. The number of pyridine rings is 1. The summed E-state index contributed by atoms with van der Waals surface area (Å²) in [6.07, 6.45) is -1.16. The molecule has 1 aliphatic rings. The third kappa shape index (κ3) is 4.25. The average Bonchev–Trinajstić information content (AvgIpc) is 3.35. The number of hydrogen-bond acceptors (Lipinski definition) is 5. The fraction of sp³-hybridized carbons (Fsp3) is 0.400. The lowest BCUT2D eigenvalue weighted by Gasteiger charge is -2.13. The normalized spacial score (nSPS) is 14.5. The van der Waals surface area contributed by atoms with E-state index in [0.29, 0.717) is 22.7 Å². The van der Waals surface area contributed by atoms with Crippen LogP contribution < -0.4 is 10.1 Å². The number of anilines is 1. The Morgan fingerprint density at radius 2 is 2.08 bits per heavy atom. The molecule has 24 heavy (non-hydrogen) atoms. The van der Waals surface area contributed by atoms with Crippen LogP contribution in [0.15, 0.2) is 24.4 Å². The van der Waals surface area contributed by atoms with Crippen LogP contribution in [0.1, 0.15) is 30.1 Å². The van der Waals surface area contributed by atoms with Gasteiger partial charge in [0.2, 0.25) is 5.88 Å². The molecule has 1 aliphatic carbocycles. The Morgan fingerprint density at radius 3 is 2.79 bits per heavy atom. The van der Waals surface area contributed by atoms with Crippen molar-refractivity contribution in [1.29, 1.82) is 0 Å². The van der Waals surface area contributed by atoms with Gasteiger partial charge < -0.3 is 10.1 Å². The predicted molar refractivity (Wildman–Crippen MR) is 82.2 cm³/mol. The van der Waals surface area contributed by atoms with Gasteiger partial charge in [-0.05, 0) is 25.0 Å². The molecular formula is C15H14ClF3N4O. The average molecular weight is 359 g/mol. The van der Waals surface area contributed by atoms with E-state index in [0.717, 1.165) is 18.9 Å². The van der Waals surface area contributed by atoms with Crippen LogP contribution in [0.5, 0.6) is 5.88 Å². The summed E-state index contributed by atoms with van der Waals surface area (Å²) in [6, 6.07) is 3.72. The Labute approximate surface area is 141 Å². The molecule has 1 fully saturated rings. The Balaban J connectivity index is 1.56. The lowest BCUT2D eigenvalue weighted by Crippen LogP contribution is -2.16. The van der Waals surface area contributed by atoms with Gasteiger partial charge in [0.25, 0.3) is 0 Å². The lowest BCUT2D eigenvalue weighted by atomic mass is 10.2. The first-order chi connectivity index (χ1) is 11.4. The molecule has 2 aromatic heterocycles. The number of nitrogens with zero attached hydrogens (tertiary/aromatic N) is 3. The van der Waals surface area contributed by atoms with Crippen molar-refractivity contribution in [2.45, 2.75) is 24.9 Å². The summed E-state index contributed by atoms with van der Waals surface area (Å²) >= 11 is 5.94. The molecule has 2 heterocycles. The molecule has 5 nitrogen and oxygen atoms in total. The highest BCUT2D eigenvalue weighted by molar-refractivity contribution is 6.29. The zero-order valence-electron chi connectivity index (χ0n) is 12.5. The minimum Gasteiger partial charge on any atom is -0.475 e. The van der Waals surface area contributed by atoms with Crippen LogP contribution in [-0.2, 0) is 6.18 Å². The molecule has 128 valence electrons. The van der Waals surface area contributed by atoms with Crippen molar-refractivity contribution in [2.75, 3.05) is 18.5 Å². The summed E-state index contributed by atoms with van der Waals surface area (Å²) in [5.41, 5.74) is -0.897. The van der Waals surface area contributed by atoms with Gasteiger partial charge in [-0.15, -0.1) is 0 Å². The summed E-state index contributed by atoms with van der Waals surface area (Å²) < 4.78 is 43.6. The fourth-order valence-electron chi connectivity index (χ4n) is 2.10. The van der Waals surface area contributed by atoms with Crippen LogP contribution in [0.25, 0.3) is 0 Å². The molecule has 2 aromatic rings. The maximum absolute atomic E-state index is 12.8. The molecule has 0 saturated heterocycles. The maximum Gasteiger partial charge on any atom is 0.421 e. The minimum absolute atomic E-state index is 0.000473. The second kappa shape index (κ2) is 6.80. The topological polar surface area (TPSA) is 59.9 Å². The number of aromatic nitrogens is 3. The van der Waals surface area contributed by atoms with Crippen molar-refractivity contribution in [3.05, 3.63) is 40.9 Å². The van der Waals surface area contributed by atoms with Gasteiger partial charge in [0.15, 0.2) is 0 Å². The lowest BCUT2D eigenvalue weighted by molar-refractivity contribution is -0.139. The van der Waals surface area contributed by atoms with Gasteiger partial charge in [0.1, 0.15) is 29.0 Å². The standard InChI is InChI=1S/C15H14ClF3N4O/c16-11-8-12(23-13(22-11)9-3-4-9)20-6-7-24-14-10(15(17,18)19)2-1-5-21-14/h1-2,5,8-9H,3-4,6-7H2,(H,20,22,23). The van der Waals surface area contributed by atoms with E-state index in [1.54, 1.807) is 6.07 Å². The van der Waals surface area contributed by atoms with Crippen LogP contribution in [0.3, 0.4) is 0 Å². The van der Waals surface area contributed by atoms with Crippen LogP contribution in [0.4, 0.5) is 19.0 Å². The monoisotopic (exact) mass is 358 g/mol. The molecule has 0 aliphatic heterocycles. The Morgan fingerprint density at radius 1 is 1.29 bits per heavy atom. The molecule has 0 atom stereocenters. The third-order valence-electron chi connectivity index (χ3n) is 3.38. The van der Waals surface area contributed by atoms with Crippen LogP contribution in [0, 0.1) is 0 Å². The molecule has 0 amide bonds. The van der Waals surface area contributed by atoms with Crippen molar-refractivity contribution in [2.24, 2.45) is 0 Å². The first kappa shape index (κ1) is 16.8. The number of alkyl halides is 3. The SMILES string of the molecule is FC(F)(F)c1cccnc1OCCNc1cc(Cl)nc(C2CC2)n1. The van der Waals surface area contributed by atoms with E-state index in [1.807, 2.05) is 0 Å². The second-order valence-electron chi connectivity index (χ2n) is 5.34. The molecule has 3 rings (SSSR count). The second-order valence-corrected chi connectivity index (χ2v) is 5.72. The molecule has 1 saturated carbocycles. The molecule has 0 bridgehead atoms. The molecular weight excluding hydrogens is 345 g/mol. The van der Waals surface area contributed by atoms with E-state index in [2.05, 4.69) is 20.3 Å². The number of hydrogen-bond donors (Lipinski definition) is 1. The van der Waals surface area contributed by atoms with Crippen molar-refractivity contribution >= 4 is 17.4 Å². The Bertz CT molecular complexity index is 722. The molecule has 9 heteroatoms. The maximum atomic E-state index is 12.8. The summed E-state index contributed by atoms with van der Waals surface area (Å²) in [6.45, 7) is 0.256. The number of nitrogens with one attached hydrogen (secondary N) is 1. The Hall–Kier alpha value is -2.09. The van der Waals surface area contributed by atoms with Crippen LogP contribution >= 0.6 is 11.6 Å². The first-order valence-corrected chi connectivity index (χ1v) is 7.74. The van der Waals surface area contributed by atoms with E-state index >= 15 is 0 Å². The summed E-state index contributed by atoms with van der Waals surface area (Å²) in [5.74, 6) is 1.13. The number of ether oxygens (including phenoxy) is 1. The molecule has 0 spiro atoms. The fourth-order valence-corrected chi connectivity index (χ4v) is 2.29. The highest BCUT2D eigenvalue weighted by Gasteiger charge is 2.35. The number of rotatable bonds is 6.